The maximum Gasteiger partial charge on any atom is 0.244 e. The molecule has 2 N–H and O–H groups in total. The van der Waals surface area contributed by atoms with E-state index >= 15 is 0 Å². The Balaban J connectivity index is 3.28. The lowest BCUT2D eigenvalue weighted by Gasteiger charge is -2.20. The van der Waals surface area contributed by atoms with Crippen molar-refractivity contribution in [1.82, 2.24) is 4.31 Å². The number of nitrogens with two attached hydrogens (primary N) is 1. The fourth-order valence-corrected chi connectivity index (χ4v) is 3.59. The van der Waals surface area contributed by atoms with E-state index in [4.69, 9.17) is 29.6 Å². The van der Waals surface area contributed by atoms with Gasteiger partial charge in [-0.15, -0.1) is 0 Å². The van der Waals surface area contributed by atoms with Crippen molar-refractivity contribution >= 4 is 38.8 Å². The van der Waals surface area contributed by atoms with Gasteiger partial charge in [0.25, 0.3) is 0 Å². The van der Waals surface area contributed by atoms with Gasteiger partial charge in [0.15, 0.2) is 0 Å². The lowest BCUT2D eigenvalue weighted by molar-refractivity contribution is 0.417. The Hall–Kier alpha value is -0.690. The predicted molar refractivity (Wildman–Crippen MR) is 82.0 cm³/mol. The predicted octanol–water partition coefficient (Wildman–Crippen LogP) is 2.25. The molecule has 1 aromatic carbocycles. The molecule has 0 unspecified atom stereocenters. The summed E-state index contributed by atoms with van der Waals surface area (Å²) in [5.41, 5.74) is 6.00. The van der Waals surface area contributed by atoms with E-state index in [0.717, 1.165) is 0 Å². The van der Waals surface area contributed by atoms with Gasteiger partial charge in [-0.1, -0.05) is 43.7 Å². The summed E-state index contributed by atoms with van der Waals surface area (Å²) in [7, 11) is -2.11. The summed E-state index contributed by atoms with van der Waals surface area (Å²) in [5, 5.41) is 0.163. The Kier molecular flexibility index (Phi) is 5.32. The normalized spacial score (nSPS) is 12.1. The SMILES string of the molecule is CC(C)CN(C)S(=O)(=O)c1cc(C(N)=S)ccc1Cl. The third-order valence-electron chi connectivity index (χ3n) is 2.53. The molecule has 7 heteroatoms. The van der Waals surface area contributed by atoms with Gasteiger partial charge in [-0.25, -0.2) is 12.7 Å². The zero-order valence-corrected chi connectivity index (χ0v) is 13.4. The first-order chi connectivity index (χ1) is 8.66. The van der Waals surface area contributed by atoms with Crippen molar-refractivity contribution in [3.63, 3.8) is 0 Å². The lowest BCUT2D eigenvalue weighted by Crippen LogP contribution is -2.30. The topological polar surface area (TPSA) is 63.4 Å². The molecule has 0 saturated carbocycles. The van der Waals surface area contributed by atoms with Gasteiger partial charge in [-0.05, 0) is 18.1 Å². The second-order valence-corrected chi connectivity index (χ2v) is 7.55. The van der Waals surface area contributed by atoms with Gasteiger partial charge in [0.1, 0.15) is 9.88 Å². The Morgan fingerprint density at radius 1 is 1.47 bits per heavy atom. The van der Waals surface area contributed by atoms with Crippen molar-refractivity contribution in [3.05, 3.63) is 28.8 Å². The first-order valence-electron chi connectivity index (χ1n) is 5.72. The number of thiocarbonyl (C=S) groups is 1. The Labute approximate surface area is 124 Å². The number of benzene rings is 1. The summed E-state index contributed by atoms with van der Waals surface area (Å²) in [6, 6.07) is 4.51. The van der Waals surface area contributed by atoms with Crippen molar-refractivity contribution in [2.45, 2.75) is 18.7 Å². The average Bonchev–Trinajstić information content (AvgIpc) is 2.27. The fourth-order valence-electron chi connectivity index (χ4n) is 1.63. The number of nitrogens with zero attached hydrogens (tertiary/aromatic N) is 1. The number of sulfonamides is 1. The maximum absolute atomic E-state index is 12.4. The molecule has 0 aliphatic carbocycles. The first kappa shape index (κ1) is 16.4. The molecule has 0 fully saturated rings. The van der Waals surface area contributed by atoms with Crippen LogP contribution in [0.3, 0.4) is 0 Å². The van der Waals surface area contributed by atoms with Crippen LogP contribution in [0, 0.1) is 5.92 Å². The standard InChI is InChI=1S/C12H17ClN2O2S2/c1-8(2)7-15(3)19(16,17)11-6-9(12(14)18)4-5-10(11)13/h4-6,8H,7H2,1-3H3,(H2,14,18). The maximum atomic E-state index is 12.4. The molecule has 0 bridgehead atoms. The highest BCUT2D eigenvalue weighted by Crippen LogP contribution is 2.25. The summed E-state index contributed by atoms with van der Waals surface area (Å²) < 4.78 is 26.1. The molecule has 0 spiro atoms. The van der Waals surface area contributed by atoms with E-state index in [2.05, 4.69) is 0 Å². The van der Waals surface area contributed by atoms with Crippen LogP contribution in [0.25, 0.3) is 0 Å². The van der Waals surface area contributed by atoms with Gasteiger partial charge >= 0.3 is 0 Å². The van der Waals surface area contributed by atoms with Crippen LogP contribution >= 0.6 is 23.8 Å². The number of rotatable bonds is 5. The quantitative estimate of drug-likeness (QED) is 0.845. The van der Waals surface area contributed by atoms with Crippen LogP contribution in [-0.2, 0) is 10.0 Å². The second-order valence-electron chi connectivity index (χ2n) is 4.69. The van der Waals surface area contributed by atoms with Crippen LogP contribution in [-0.4, -0.2) is 31.3 Å². The van der Waals surface area contributed by atoms with E-state index < -0.39 is 10.0 Å². The molecule has 0 aliphatic rings. The van der Waals surface area contributed by atoms with E-state index in [1.165, 1.54) is 23.5 Å². The minimum atomic E-state index is -3.63. The molecule has 0 saturated heterocycles. The molecule has 4 nitrogen and oxygen atoms in total. The molecule has 1 aromatic rings. The highest BCUT2D eigenvalue weighted by molar-refractivity contribution is 7.89. The smallest absolute Gasteiger partial charge is 0.244 e. The molecule has 0 atom stereocenters. The Bertz CT molecular complexity index is 585. The van der Waals surface area contributed by atoms with E-state index in [-0.39, 0.29) is 20.8 Å². The summed E-state index contributed by atoms with van der Waals surface area (Å²) in [6.07, 6.45) is 0. The molecule has 0 heterocycles. The summed E-state index contributed by atoms with van der Waals surface area (Å²) >= 11 is 10.8. The molecule has 0 radical (unpaired) electrons. The van der Waals surface area contributed by atoms with Crippen LogP contribution in [0.1, 0.15) is 19.4 Å². The van der Waals surface area contributed by atoms with Gasteiger partial charge in [-0.3, -0.25) is 0 Å². The third kappa shape index (κ3) is 3.89. The minimum Gasteiger partial charge on any atom is -0.389 e. The van der Waals surface area contributed by atoms with Crippen molar-refractivity contribution in [1.29, 1.82) is 0 Å². The molecular weight excluding hydrogens is 304 g/mol. The van der Waals surface area contributed by atoms with Crippen LogP contribution in [0.2, 0.25) is 5.02 Å². The van der Waals surface area contributed by atoms with E-state index in [1.807, 2.05) is 13.8 Å². The van der Waals surface area contributed by atoms with E-state index in [1.54, 1.807) is 6.07 Å². The number of hydrogen-bond donors (Lipinski definition) is 1. The molecule has 0 aromatic heterocycles. The van der Waals surface area contributed by atoms with Crippen LogP contribution in [0.15, 0.2) is 23.1 Å². The highest BCUT2D eigenvalue weighted by atomic mass is 35.5. The highest BCUT2D eigenvalue weighted by Gasteiger charge is 2.24. The van der Waals surface area contributed by atoms with E-state index in [0.29, 0.717) is 12.1 Å². The van der Waals surface area contributed by atoms with Gasteiger partial charge in [0.05, 0.1) is 5.02 Å². The van der Waals surface area contributed by atoms with Gasteiger partial charge in [0, 0.05) is 19.2 Å². The fraction of sp³-hybridized carbons (Fsp3) is 0.417. The van der Waals surface area contributed by atoms with Gasteiger partial charge < -0.3 is 5.73 Å². The lowest BCUT2D eigenvalue weighted by atomic mass is 10.2. The monoisotopic (exact) mass is 320 g/mol. The summed E-state index contributed by atoms with van der Waals surface area (Å²) in [4.78, 5) is 0.169. The first-order valence-corrected chi connectivity index (χ1v) is 7.94. The van der Waals surface area contributed by atoms with E-state index in [9.17, 15) is 8.42 Å². The van der Waals surface area contributed by atoms with Crippen LogP contribution in [0.4, 0.5) is 0 Å². The van der Waals surface area contributed by atoms with Crippen molar-refractivity contribution in [3.8, 4) is 0 Å². The molecule has 1 rings (SSSR count). The Morgan fingerprint density at radius 2 is 2.05 bits per heavy atom. The molecule has 106 valence electrons. The Morgan fingerprint density at radius 3 is 2.53 bits per heavy atom. The van der Waals surface area contributed by atoms with Crippen molar-refractivity contribution in [2.75, 3.05) is 13.6 Å². The zero-order valence-electron chi connectivity index (χ0n) is 11.1. The summed E-state index contributed by atoms with van der Waals surface area (Å²) in [5.74, 6) is 0.220. The van der Waals surface area contributed by atoms with Crippen molar-refractivity contribution in [2.24, 2.45) is 11.7 Å². The van der Waals surface area contributed by atoms with Crippen LogP contribution in [0.5, 0.6) is 0 Å². The molecule has 19 heavy (non-hydrogen) atoms. The largest absolute Gasteiger partial charge is 0.389 e. The minimum absolute atomic E-state index is 0.0302. The molecular formula is C12H17ClN2O2S2. The average molecular weight is 321 g/mol. The molecule has 0 amide bonds. The van der Waals surface area contributed by atoms with Gasteiger partial charge in [-0.2, -0.15) is 0 Å². The van der Waals surface area contributed by atoms with Crippen molar-refractivity contribution < 1.29 is 8.42 Å². The number of hydrogen-bond acceptors (Lipinski definition) is 3. The second kappa shape index (κ2) is 6.17. The molecule has 0 aliphatic heterocycles. The third-order valence-corrected chi connectivity index (χ3v) is 5.07. The summed E-state index contributed by atoms with van der Waals surface area (Å²) in [6.45, 7) is 4.30. The van der Waals surface area contributed by atoms with Gasteiger partial charge in [0.2, 0.25) is 10.0 Å². The zero-order chi connectivity index (χ0) is 14.8. The number of halogens is 1. The van der Waals surface area contributed by atoms with Crippen LogP contribution < -0.4 is 5.73 Å².